The van der Waals surface area contributed by atoms with Crippen molar-refractivity contribution < 1.29 is 9.90 Å². The zero-order chi connectivity index (χ0) is 17.8. The summed E-state index contributed by atoms with van der Waals surface area (Å²) in [6.07, 6.45) is 4.97. The van der Waals surface area contributed by atoms with E-state index in [0.29, 0.717) is 11.8 Å². The number of amides is 1. The number of nitrogens with zero attached hydrogens (tertiary/aromatic N) is 2. The second-order valence-electron chi connectivity index (χ2n) is 8.07. The molecule has 1 aromatic carbocycles. The highest BCUT2D eigenvalue weighted by Gasteiger charge is 2.28. The molecule has 2 heterocycles. The topological polar surface area (TPSA) is 43.8 Å². The molecule has 4 heteroatoms. The molecule has 1 N–H and O–H groups in total. The van der Waals surface area contributed by atoms with Crippen molar-refractivity contribution in [3.05, 3.63) is 29.8 Å². The van der Waals surface area contributed by atoms with E-state index in [0.717, 1.165) is 51.0 Å². The standard InChI is InChI=1S/C21H32N2O2/c1-16(2)15-20(24)17-9-13-23(14-10-17)21(25)18-5-7-19(8-6-18)22-11-3-4-12-22/h5-8,16-17,20,24H,3-4,9-15H2,1-2H3. The van der Waals surface area contributed by atoms with Gasteiger partial charge in [-0.3, -0.25) is 4.79 Å². The lowest BCUT2D eigenvalue weighted by molar-refractivity contribution is 0.0385. The van der Waals surface area contributed by atoms with Gasteiger partial charge in [-0.15, -0.1) is 0 Å². The first-order valence-electron chi connectivity index (χ1n) is 9.87. The van der Waals surface area contributed by atoms with Gasteiger partial charge in [0.05, 0.1) is 6.10 Å². The van der Waals surface area contributed by atoms with Gasteiger partial charge in [-0.2, -0.15) is 0 Å². The Hall–Kier alpha value is -1.55. The van der Waals surface area contributed by atoms with Gasteiger partial charge in [-0.25, -0.2) is 0 Å². The van der Waals surface area contributed by atoms with Crippen molar-refractivity contribution >= 4 is 11.6 Å². The molecule has 1 atom stereocenters. The number of anilines is 1. The maximum absolute atomic E-state index is 12.7. The summed E-state index contributed by atoms with van der Waals surface area (Å²) in [4.78, 5) is 17.1. The molecule has 0 aliphatic carbocycles. The number of likely N-dealkylation sites (tertiary alicyclic amines) is 1. The highest BCUT2D eigenvalue weighted by molar-refractivity contribution is 5.94. The second-order valence-corrected chi connectivity index (χ2v) is 8.07. The van der Waals surface area contributed by atoms with E-state index in [4.69, 9.17) is 0 Å². The van der Waals surface area contributed by atoms with Crippen LogP contribution in [-0.4, -0.2) is 48.2 Å². The number of aliphatic hydroxyl groups is 1. The maximum atomic E-state index is 12.7. The molecule has 4 nitrogen and oxygen atoms in total. The summed E-state index contributed by atoms with van der Waals surface area (Å²) in [6, 6.07) is 8.10. The molecule has 1 unspecified atom stereocenters. The fourth-order valence-electron chi connectivity index (χ4n) is 4.14. The molecule has 2 fully saturated rings. The van der Waals surface area contributed by atoms with Crippen molar-refractivity contribution in [2.75, 3.05) is 31.1 Å². The van der Waals surface area contributed by atoms with E-state index >= 15 is 0 Å². The molecule has 0 aromatic heterocycles. The Balaban J connectivity index is 1.53. The maximum Gasteiger partial charge on any atom is 0.253 e. The summed E-state index contributed by atoms with van der Waals surface area (Å²) in [5.41, 5.74) is 2.01. The van der Waals surface area contributed by atoms with Gasteiger partial charge >= 0.3 is 0 Å². The lowest BCUT2D eigenvalue weighted by atomic mass is 9.87. The molecule has 1 amide bonds. The zero-order valence-electron chi connectivity index (χ0n) is 15.7. The first kappa shape index (κ1) is 18.2. The van der Waals surface area contributed by atoms with Crippen LogP contribution in [-0.2, 0) is 0 Å². The van der Waals surface area contributed by atoms with Gasteiger partial charge in [0.25, 0.3) is 5.91 Å². The highest BCUT2D eigenvalue weighted by atomic mass is 16.3. The summed E-state index contributed by atoms with van der Waals surface area (Å²) in [7, 11) is 0. The SMILES string of the molecule is CC(C)CC(O)C1CCN(C(=O)c2ccc(N3CCCC3)cc2)CC1. The summed E-state index contributed by atoms with van der Waals surface area (Å²) >= 11 is 0. The molecule has 1 aromatic rings. The zero-order valence-corrected chi connectivity index (χ0v) is 15.7. The van der Waals surface area contributed by atoms with Gasteiger partial charge in [0, 0.05) is 37.4 Å². The summed E-state index contributed by atoms with van der Waals surface area (Å²) < 4.78 is 0. The molecule has 25 heavy (non-hydrogen) atoms. The summed E-state index contributed by atoms with van der Waals surface area (Å²) in [5.74, 6) is 0.984. The minimum Gasteiger partial charge on any atom is -0.393 e. The van der Waals surface area contributed by atoms with E-state index in [1.807, 2.05) is 17.0 Å². The van der Waals surface area contributed by atoms with E-state index in [9.17, 15) is 9.90 Å². The van der Waals surface area contributed by atoms with E-state index in [-0.39, 0.29) is 12.0 Å². The molecule has 2 aliphatic heterocycles. The molecule has 2 saturated heterocycles. The van der Waals surface area contributed by atoms with Gasteiger partial charge in [-0.1, -0.05) is 13.8 Å². The second kappa shape index (κ2) is 8.22. The first-order chi connectivity index (χ1) is 12.0. The fraction of sp³-hybridized carbons (Fsp3) is 0.667. The van der Waals surface area contributed by atoms with Crippen molar-refractivity contribution in [3.63, 3.8) is 0 Å². The molecular weight excluding hydrogens is 312 g/mol. The van der Waals surface area contributed by atoms with Crippen LogP contribution in [0.25, 0.3) is 0 Å². The van der Waals surface area contributed by atoms with Crippen LogP contribution in [0.2, 0.25) is 0 Å². The number of carbonyl (C=O) groups excluding carboxylic acids is 1. The Kier molecular flexibility index (Phi) is 6.00. The number of benzene rings is 1. The first-order valence-corrected chi connectivity index (χ1v) is 9.87. The van der Waals surface area contributed by atoms with Gasteiger partial charge in [0.2, 0.25) is 0 Å². The van der Waals surface area contributed by atoms with Crippen LogP contribution in [0, 0.1) is 11.8 Å². The van der Waals surface area contributed by atoms with Crippen molar-refractivity contribution in [1.82, 2.24) is 4.90 Å². The third-order valence-corrected chi connectivity index (χ3v) is 5.67. The normalized spacial score (nSPS) is 20.3. The predicted octanol–water partition coefficient (Wildman–Crippen LogP) is 3.55. The summed E-state index contributed by atoms with van der Waals surface area (Å²) in [5, 5.41) is 10.3. The molecule has 0 spiro atoms. The predicted molar refractivity (Wildman–Crippen MR) is 102 cm³/mol. The van der Waals surface area contributed by atoms with Crippen LogP contribution in [0.1, 0.15) is 56.3 Å². The van der Waals surface area contributed by atoms with Gasteiger partial charge < -0.3 is 14.9 Å². The number of carbonyl (C=O) groups is 1. The van der Waals surface area contributed by atoms with Crippen LogP contribution in [0.4, 0.5) is 5.69 Å². The third kappa shape index (κ3) is 4.55. The molecule has 3 rings (SSSR count). The Morgan fingerprint density at radius 2 is 1.68 bits per heavy atom. The average molecular weight is 344 g/mol. The van der Waals surface area contributed by atoms with Crippen molar-refractivity contribution in [2.45, 2.75) is 52.1 Å². The largest absolute Gasteiger partial charge is 0.393 e. The van der Waals surface area contributed by atoms with Gasteiger partial charge in [0.1, 0.15) is 0 Å². The summed E-state index contributed by atoms with van der Waals surface area (Å²) in [6.45, 7) is 8.06. The molecule has 2 aliphatic rings. The molecular formula is C21H32N2O2. The quantitative estimate of drug-likeness (QED) is 0.888. The number of aliphatic hydroxyl groups excluding tert-OH is 1. The lowest BCUT2D eigenvalue weighted by Crippen LogP contribution is -2.41. The Morgan fingerprint density at radius 3 is 2.24 bits per heavy atom. The molecule has 0 bridgehead atoms. The third-order valence-electron chi connectivity index (χ3n) is 5.67. The number of rotatable bonds is 5. The Labute approximate surface area is 151 Å². The number of piperidine rings is 1. The van der Waals surface area contributed by atoms with Crippen LogP contribution in [0.5, 0.6) is 0 Å². The van der Waals surface area contributed by atoms with Crippen molar-refractivity contribution in [2.24, 2.45) is 11.8 Å². The van der Waals surface area contributed by atoms with E-state index in [1.165, 1.54) is 18.5 Å². The molecule has 138 valence electrons. The van der Waals surface area contributed by atoms with E-state index in [2.05, 4.69) is 30.9 Å². The van der Waals surface area contributed by atoms with Crippen molar-refractivity contribution in [3.8, 4) is 0 Å². The average Bonchev–Trinajstić information content (AvgIpc) is 3.15. The lowest BCUT2D eigenvalue weighted by Gasteiger charge is -2.34. The highest BCUT2D eigenvalue weighted by Crippen LogP contribution is 2.26. The van der Waals surface area contributed by atoms with Crippen LogP contribution >= 0.6 is 0 Å². The number of hydrogen-bond donors (Lipinski definition) is 1. The van der Waals surface area contributed by atoms with Crippen LogP contribution in [0.3, 0.4) is 0 Å². The van der Waals surface area contributed by atoms with Crippen LogP contribution < -0.4 is 4.90 Å². The molecule has 0 radical (unpaired) electrons. The Bertz CT molecular complexity index is 556. The van der Waals surface area contributed by atoms with Crippen molar-refractivity contribution in [1.29, 1.82) is 0 Å². The minimum atomic E-state index is -0.225. The number of hydrogen-bond acceptors (Lipinski definition) is 3. The Morgan fingerprint density at radius 1 is 1.08 bits per heavy atom. The van der Waals surface area contributed by atoms with Gasteiger partial charge in [-0.05, 0) is 68.2 Å². The molecule has 0 saturated carbocycles. The smallest absolute Gasteiger partial charge is 0.253 e. The monoisotopic (exact) mass is 344 g/mol. The van der Waals surface area contributed by atoms with Crippen LogP contribution in [0.15, 0.2) is 24.3 Å². The van der Waals surface area contributed by atoms with Gasteiger partial charge in [0.15, 0.2) is 0 Å². The van der Waals surface area contributed by atoms with E-state index < -0.39 is 0 Å². The fourth-order valence-corrected chi connectivity index (χ4v) is 4.14. The minimum absolute atomic E-state index is 0.129. The van der Waals surface area contributed by atoms with E-state index in [1.54, 1.807) is 0 Å².